The fourth-order valence-electron chi connectivity index (χ4n) is 2.06. The molecule has 3 N–H and O–H groups in total. The second-order valence-corrected chi connectivity index (χ2v) is 5.04. The molecule has 1 atom stereocenters. The summed E-state index contributed by atoms with van der Waals surface area (Å²) in [5, 5.41) is 2.79. The maximum absolute atomic E-state index is 12.2. The molecule has 0 bridgehead atoms. The van der Waals surface area contributed by atoms with Gasteiger partial charge in [0, 0.05) is 17.8 Å². The van der Waals surface area contributed by atoms with Crippen LogP contribution in [0.3, 0.4) is 0 Å². The van der Waals surface area contributed by atoms with Crippen molar-refractivity contribution in [3.8, 4) is 17.2 Å². The van der Waals surface area contributed by atoms with Gasteiger partial charge in [-0.05, 0) is 13.3 Å². The molecule has 1 unspecified atom stereocenters. The molecule has 0 aliphatic heterocycles. The van der Waals surface area contributed by atoms with Gasteiger partial charge in [0.2, 0.25) is 11.7 Å². The van der Waals surface area contributed by atoms with E-state index in [-0.39, 0.29) is 18.3 Å². The number of nitrogens with one attached hydrogen (secondary N) is 1. The van der Waals surface area contributed by atoms with Crippen LogP contribution in [0.1, 0.15) is 26.7 Å². The summed E-state index contributed by atoms with van der Waals surface area (Å²) in [7, 11) is 4.57. The van der Waals surface area contributed by atoms with Gasteiger partial charge in [-0.2, -0.15) is 0 Å². The number of hydrogen-bond acceptors (Lipinski definition) is 5. The Morgan fingerprint density at radius 3 is 2.05 bits per heavy atom. The van der Waals surface area contributed by atoms with Gasteiger partial charge in [-0.15, -0.1) is 12.4 Å². The fourth-order valence-corrected chi connectivity index (χ4v) is 2.06. The van der Waals surface area contributed by atoms with Crippen molar-refractivity contribution >= 4 is 24.0 Å². The van der Waals surface area contributed by atoms with Crippen molar-refractivity contribution in [1.29, 1.82) is 0 Å². The molecular weight excluding hydrogens is 308 g/mol. The number of halogens is 1. The minimum Gasteiger partial charge on any atom is -0.493 e. The van der Waals surface area contributed by atoms with Crippen molar-refractivity contribution in [3.63, 3.8) is 0 Å². The first-order chi connectivity index (χ1) is 9.89. The quantitative estimate of drug-likeness (QED) is 0.802. The highest BCUT2D eigenvalue weighted by atomic mass is 35.5. The van der Waals surface area contributed by atoms with Crippen LogP contribution >= 0.6 is 12.4 Å². The number of ether oxygens (including phenoxy) is 3. The van der Waals surface area contributed by atoms with Crippen molar-refractivity contribution in [1.82, 2.24) is 0 Å². The Morgan fingerprint density at radius 2 is 1.68 bits per heavy atom. The Hall–Kier alpha value is -1.66. The molecule has 0 aromatic heterocycles. The number of carbonyl (C=O) groups excluding carboxylic acids is 1. The number of benzene rings is 1. The smallest absolute Gasteiger partial charge is 0.244 e. The van der Waals surface area contributed by atoms with E-state index in [4.69, 9.17) is 19.9 Å². The highest BCUT2D eigenvalue weighted by Gasteiger charge is 2.27. The first-order valence-electron chi connectivity index (χ1n) is 6.80. The minimum atomic E-state index is -0.921. The van der Waals surface area contributed by atoms with Crippen LogP contribution < -0.4 is 25.3 Å². The van der Waals surface area contributed by atoms with E-state index in [1.54, 1.807) is 19.1 Å². The molecule has 0 aliphatic carbocycles. The minimum absolute atomic E-state index is 0. The van der Waals surface area contributed by atoms with E-state index < -0.39 is 5.54 Å². The van der Waals surface area contributed by atoms with Crippen molar-refractivity contribution in [2.24, 2.45) is 5.73 Å². The van der Waals surface area contributed by atoms with Gasteiger partial charge in [-0.3, -0.25) is 4.79 Å². The first-order valence-corrected chi connectivity index (χ1v) is 6.80. The Bertz CT molecular complexity index is 481. The fraction of sp³-hybridized carbons (Fsp3) is 0.533. The lowest BCUT2D eigenvalue weighted by Gasteiger charge is -2.23. The molecule has 0 aliphatic rings. The number of anilines is 1. The number of amides is 1. The second-order valence-electron chi connectivity index (χ2n) is 5.04. The van der Waals surface area contributed by atoms with Gasteiger partial charge in [0.15, 0.2) is 11.5 Å². The SMILES string of the molecule is CCCC(C)(N)C(=O)Nc1cc(OC)c(OC)c(OC)c1.Cl. The lowest BCUT2D eigenvalue weighted by molar-refractivity contribution is -0.120. The molecule has 22 heavy (non-hydrogen) atoms. The van der Waals surface area contributed by atoms with Crippen LogP contribution in [-0.2, 0) is 4.79 Å². The average Bonchev–Trinajstić information content (AvgIpc) is 2.45. The molecule has 0 heterocycles. The van der Waals surface area contributed by atoms with Gasteiger partial charge in [0.05, 0.1) is 26.9 Å². The second kappa shape index (κ2) is 8.70. The maximum atomic E-state index is 12.2. The number of nitrogens with two attached hydrogens (primary N) is 1. The largest absolute Gasteiger partial charge is 0.493 e. The van der Waals surface area contributed by atoms with Gasteiger partial charge < -0.3 is 25.3 Å². The average molecular weight is 333 g/mol. The van der Waals surface area contributed by atoms with Crippen molar-refractivity contribution < 1.29 is 19.0 Å². The van der Waals surface area contributed by atoms with Crippen LogP contribution in [0.2, 0.25) is 0 Å². The van der Waals surface area contributed by atoms with E-state index in [1.807, 2.05) is 6.92 Å². The van der Waals surface area contributed by atoms with E-state index in [9.17, 15) is 4.79 Å². The third-order valence-electron chi connectivity index (χ3n) is 3.21. The van der Waals surface area contributed by atoms with Crippen LogP contribution in [0.15, 0.2) is 12.1 Å². The number of rotatable bonds is 7. The van der Waals surface area contributed by atoms with Gasteiger partial charge in [0.25, 0.3) is 0 Å². The van der Waals surface area contributed by atoms with Crippen LogP contribution in [0.4, 0.5) is 5.69 Å². The summed E-state index contributed by atoms with van der Waals surface area (Å²) in [5.74, 6) is 1.17. The normalized spacial score (nSPS) is 12.6. The summed E-state index contributed by atoms with van der Waals surface area (Å²) < 4.78 is 15.7. The molecule has 6 nitrogen and oxygen atoms in total. The molecule has 0 spiro atoms. The van der Waals surface area contributed by atoms with Crippen LogP contribution in [0.25, 0.3) is 0 Å². The van der Waals surface area contributed by atoms with E-state index in [2.05, 4.69) is 5.32 Å². The molecule has 0 saturated heterocycles. The third kappa shape index (κ3) is 4.68. The molecule has 0 fully saturated rings. The number of methoxy groups -OCH3 is 3. The summed E-state index contributed by atoms with van der Waals surface area (Å²) in [6.45, 7) is 3.70. The zero-order chi connectivity index (χ0) is 16.0. The topological polar surface area (TPSA) is 82.8 Å². The van der Waals surface area contributed by atoms with E-state index in [0.29, 0.717) is 29.4 Å². The van der Waals surface area contributed by atoms with Crippen molar-refractivity contribution in [3.05, 3.63) is 12.1 Å². The molecule has 0 saturated carbocycles. The van der Waals surface area contributed by atoms with E-state index in [1.165, 1.54) is 21.3 Å². The van der Waals surface area contributed by atoms with Gasteiger partial charge in [-0.25, -0.2) is 0 Å². The van der Waals surface area contributed by atoms with E-state index >= 15 is 0 Å². The summed E-state index contributed by atoms with van der Waals surface area (Å²) in [6, 6.07) is 3.34. The lowest BCUT2D eigenvalue weighted by atomic mass is 9.96. The zero-order valence-corrected chi connectivity index (χ0v) is 14.5. The standard InChI is InChI=1S/C15H24N2O4.ClH/c1-6-7-15(2,16)14(18)17-10-8-11(19-3)13(21-5)12(9-10)20-4;/h8-9H,6-7,16H2,1-5H3,(H,17,18);1H. The summed E-state index contributed by atoms with van der Waals surface area (Å²) in [5.41, 5.74) is 5.64. The highest BCUT2D eigenvalue weighted by molar-refractivity contribution is 5.98. The predicted octanol–water partition coefficient (Wildman–Crippen LogP) is 2.59. The Morgan fingerprint density at radius 1 is 1.18 bits per heavy atom. The van der Waals surface area contributed by atoms with E-state index in [0.717, 1.165) is 6.42 Å². The Kier molecular flexibility index (Phi) is 8.05. The van der Waals surface area contributed by atoms with Gasteiger partial charge >= 0.3 is 0 Å². The molecular formula is C15H25ClN2O4. The third-order valence-corrected chi connectivity index (χ3v) is 3.21. The number of hydrogen-bond donors (Lipinski definition) is 2. The van der Waals surface area contributed by atoms with Gasteiger partial charge in [0.1, 0.15) is 0 Å². The van der Waals surface area contributed by atoms with Crippen LogP contribution in [0.5, 0.6) is 17.2 Å². The van der Waals surface area contributed by atoms with Crippen molar-refractivity contribution in [2.75, 3.05) is 26.6 Å². The summed E-state index contributed by atoms with van der Waals surface area (Å²) in [4.78, 5) is 12.2. The predicted molar refractivity (Wildman–Crippen MR) is 89.5 cm³/mol. The lowest BCUT2D eigenvalue weighted by Crippen LogP contribution is -2.48. The molecule has 1 aromatic carbocycles. The highest BCUT2D eigenvalue weighted by Crippen LogP contribution is 2.40. The molecule has 0 radical (unpaired) electrons. The number of carbonyl (C=O) groups is 1. The molecule has 7 heteroatoms. The zero-order valence-electron chi connectivity index (χ0n) is 13.7. The summed E-state index contributed by atoms with van der Waals surface area (Å²) >= 11 is 0. The van der Waals surface area contributed by atoms with Crippen LogP contribution in [0, 0.1) is 0 Å². The summed E-state index contributed by atoms with van der Waals surface area (Å²) in [6.07, 6.45) is 1.43. The Balaban J connectivity index is 0.00000441. The van der Waals surface area contributed by atoms with Crippen LogP contribution in [-0.4, -0.2) is 32.8 Å². The maximum Gasteiger partial charge on any atom is 0.244 e. The monoisotopic (exact) mass is 332 g/mol. The molecule has 1 amide bonds. The molecule has 1 aromatic rings. The molecule has 1 rings (SSSR count). The molecule has 126 valence electrons. The van der Waals surface area contributed by atoms with Crippen molar-refractivity contribution in [2.45, 2.75) is 32.2 Å². The first kappa shape index (κ1) is 20.3. The van der Waals surface area contributed by atoms with Gasteiger partial charge in [-0.1, -0.05) is 13.3 Å². The Labute approximate surface area is 137 Å².